The van der Waals surface area contributed by atoms with Crippen molar-refractivity contribution in [3.8, 4) is 0 Å². The largest absolute Gasteiger partial charge is 0.329 e. The summed E-state index contributed by atoms with van der Waals surface area (Å²) in [5.41, 5.74) is 3.18. The van der Waals surface area contributed by atoms with Gasteiger partial charge in [0.2, 0.25) is 0 Å². The first-order valence-electron chi connectivity index (χ1n) is 7.03. The van der Waals surface area contributed by atoms with Gasteiger partial charge in [0.05, 0.1) is 10.6 Å². The number of carbonyl (C=O) groups excluding carboxylic acids is 2. The topological polar surface area (TPSA) is 114 Å². The molecule has 9 heteroatoms. The summed E-state index contributed by atoms with van der Waals surface area (Å²) in [6.07, 6.45) is 0. The van der Waals surface area contributed by atoms with Crippen molar-refractivity contribution >= 4 is 40.5 Å². The Hall–Kier alpha value is -3.26. The molecule has 0 unspecified atom stereocenters. The molecule has 2 aromatic rings. The van der Waals surface area contributed by atoms with E-state index in [1.165, 1.54) is 18.2 Å². The molecule has 2 rings (SSSR count). The van der Waals surface area contributed by atoms with Crippen LogP contribution in [0.5, 0.6) is 0 Å². The molecule has 8 nitrogen and oxygen atoms in total. The van der Waals surface area contributed by atoms with Crippen LogP contribution in [0.3, 0.4) is 0 Å². The average Bonchev–Trinajstić information content (AvgIpc) is 2.61. The zero-order valence-corrected chi connectivity index (χ0v) is 13.8. The van der Waals surface area contributed by atoms with Gasteiger partial charge in [-0.15, -0.1) is 0 Å². The van der Waals surface area contributed by atoms with Gasteiger partial charge in [-0.1, -0.05) is 23.7 Å². The van der Waals surface area contributed by atoms with Crippen LogP contribution in [0, 0.1) is 10.1 Å². The third kappa shape index (κ3) is 5.11. The number of nitrogens with zero attached hydrogens (tertiary/aromatic N) is 2. The van der Waals surface area contributed by atoms with Crippen LogP contribution in [0.4, 0.5) is 11.4 Å². The van der Waals surface area contributed by atoms with Crippen molar-refractivity contribution in [2.24, 2.45) is 5.10 Å². The summed E-state index contributed by atoms with van der Waals surface area (Å²) in [6.45, 7) is 1.55. The van der Waals surface area contributed by atoms with Crippen molar-refractivity contribution in [2.75, 3.05) is 5.32 Å². The Bertz CT molecular complexity index is 849. The minimum atomic E-state index is -0.972. The maximum absolute atomic E-state index is 11.8. The molecule has 0 aliphatic heterocycles. The Morgan fingerprint density at radius 3 is 2.44 bits per heavy atom. The van der Waals surface area contributed by atoms with E-state index in [2.05, 4.69) is 15.8 Å². The van der Waals surface area contributed by atoms with Gasteiger partial charge in [-0.3, -0.25) is 19.7 Å². The highest BCUT2D eigenvalue weighted by atomic mass is 35.5. The highest BCUT2D eigenvalue weighted by Crippen LogP contribution is 2.14. The zero-order chi connectivity index (χ0) is 18.4. The molecule has 25 heavy (non-hydrogen) atoms. The van der Waals surface area contributed by atoms with Crippen molar-refractivity contribution < 1.29 is 14.5 Å². The number of hydrogen-bond acceptors (Lipinski definition) is 5. The summed E-state index contributed by atoms with van der Waals surface area (Å²) in [5, 5.41) is 17.4. The fraction of sp³-hybridized carbons (Fsp3) is 0.0625. The molecule has 0 saturated heterocycles. The number of halogens is 1. The Morgan fingerprint density at radius 1 is 1.12 bits per heavy atom. The molecule has 0 fully saturated rings. The zero-order valence-electron chi connectivity index (χ0n) is 13.0. The summed E-state index contributed by atoms with van der Waals surface area (Å²) < 4.78 is 0. The Morgan fingerprint density at radius 2 is 1.80 bits per heavy atom. The third-order valence-corrected chi connectivity index (χ3v) is 3.36. The molecule has 0 radical (unpaired) electrons. The van der Waals surface area contributed by atoms with Crippen LogP contribution in [0.1, 0.15) is 12.5 Å². The average molecular weight is 361 g/mol. The number of carbonyl (C=O) groups is 2. The van der Waals surface area contributed by atoms with Crippen LogP contribution < -0.4 is 10.7 Å². The minimum Gasteiger partial charge on any atom is -0.318 e. The lowest BCUT2D eigenvalue weighted by atomic mass is 10.1. The van der Waals surface area contributed by atoms with Crippen LogP contribution in [-0.4, -0.2) is 22.4 Å². The number of hydrazone groups is 1. The van der Waals surface area contributed by atoms with E-state index in [1.807, 2.05) is 0 Å². The number of nitro groups is 1. The van der Waals surface area contributed by atoms with E-state index < -0.39 is 16.7 Å². The molecule has 0 atom stereocenters. The quantitative estimate of drug-likeness (QED) is 0.377. The van der Waals surface area contributed by atoms with Gasteiger partial charge in [0.25, 0.3) is 5.69 Å². The number of rotatable bonds is 4. The number of hydrogen-bond donors (Lipinski definition) is 2. The summed E-state index contributed by atoms with van der Waals surface area (Å²) in [4.78, 5) is 33.8. The lowest BCUT2D eigenvalue weighted by Crippen LogP contribution is -2.32. The molecular weight excluding hydrogens is 348 g/mol. The van der Waals surface area contributed by atoms with Crippen LogP contribution >= 0.6 is 11.6 Å². The Kier molecular flexibility index (Phi) is 5.80. The fourth-order valence-electron chi connectivity index (χ4n) is 1.82. The normalized spacial score (nSPS) is 10.9. The summed E-state index contributed by atoms with van der Waals surface area (Å²) in [7, 11) is 0. The smallest absolute Gasteiger partial charge is 0.318 e. The standard InChI is InChI=1S/C16H13ClN4O4/c1-10(11-3-2-4-14(9-11)21(24)25)19-20-16(23)15(22)18-13-7-5-12(17)6-8-13/h2-9H,1H3,(H,18,22)(H,20,23). The highest BCUT2D eigenvalue weighted by molar-refractivity contribution is 6.39. The predicted octanol–water partition coefficient (Wildman–Crippen LogP) is 2.73. The minimum absolute atomic E-state index is 0.0983. The number of nitro benzene ring substituents is 1. The summed E-state index contributed by atoms with van der Waals surface area (Å²) in [5.74, 6) is -1.88. The highest BCUT2D eigenvalue weighted by Gasteiger charge is 2.14. The van der Waals surface area contributed by atoms with E-state index in [-0.39, 0.29) is 5.69 Å². The Labute approximate surface area is 147 Å². The number of non-ortho nitro benzene ring substituents is 1. The SMILES string of the molecule is CC(=NNC(=O)C(=O)Nc1ccc(Cl)cc1)c1cccc([N+](=O)[O-])c1. The predicted molar refractivity (Wildman–Crippen MR) is 93.5 cm³/mol. The summed E-state index contributed by atoms with van der Waals surface area (Å²) >= 11 is 5.73. The molecule has 0 heterocycles. The monoisotopic (exact) mass is 360 g/mol. The number of nitrogens with one attached hydrogen (secondary N) is 2. The molecule has 0 bridgehead atoms. The second-order valence-corrected chi connectivity index (χ2v) is 5.34. The second kappa shape index (κ2) is 8.02. The van der Waals surface area contributed by atoms with Crippen molar-refractivity contribution in [2.45, 2.75) is 6.92 Å². The molecule has 0 saturated carbocycles. The molecule has 2 aromatic carbocycles. The van der Waals surface area contributed by atoms with Gasteiger partial charge < -0.3 is 5.32 Å². The lowest BCUT2D eigenvalue weighted by Gasteiger charge is -2.05. The van der Waals surface area contributed by atoms with E-state index in [9.17, 15) is 19.7 Å². The van der Waals surface area contributed by atoms with Gasteiger partial charge in [0.1, 0.15) is 0 Å². The van der Waals surface area contributed by atoms with Crippen LogP contribution in [0.15, 0.2) is 53.6 Å². The molecule has 0 aliphatic rings. The van der Waals surface area contributed by atoms with E-state index >= 15 is 0 Å². The number of benzene rings is 2. The van der Waals surface area contributed by atoms with Crippen molar-refractivity contribution in [1.82, 2.24) is 5.43 Å². The van der Waals surface area contributed by atoms with Gasteiger partial charge in [-0.25, -0.2) is 5.43 Å². The second-order valence-electron chi connectivity index (χ2n) is 4.91. The van der Waals surface area contributed by atoms with Gasteiger partial charge in [-0.2, -0.15) is 5.10 Å². The first-order valence-corrected chi connectivity index (χ1v) is 7.40. The van der Waals surface area contributed by atoms with Crippen molar-refractivity contribution in [1.29, 1.82) is 0 Å². The van der Waals surface area contributed by atoms with Crippen LogP contribution in [0.25, 0.3) is 0 Å². The van der Waals surface area contributed by atoms with Crippen LogP contribution in [0.2, 0.25) is 5.02 Å². The van der Waals surface area contributed by atoms with E-state index in [1.54, 1.807) is 37.3 Å². The molecular formula is C16H13ClN4O4. The molecule has 0 aromatic heterocycles. The number of anilines is 1. The molecule has 2 amide bonds. The maximum Gasteiger partial charge on any atom is 0.329 e. The van der Waals surface area contributed by atoms with Gasteiger partial charge in [-0.05, 0) is 31.2 Å². The van der Waals surface area contributed by atoms with Gasteiger partial charge in [0.15, 0.2) is 0 Å². The van der Waals surface area contributed by atoms with Gasteiger partial charge >= 0.3 is 11.8 Å². The first kappa shape index (κ1) is 18.1. The van der Waals surface area contributed by atoms with Crippen LogP contribution in [-0.2, 0) is 9.59 Å². The van der Waals surface area contributed by atoms with E-state index in [4.69, 9.17) is 11.6 Å². The fourth-order valence-corrected chi connectivity index (χ4v) is 1.94. The summed E-state index contributed by atoms with van der Waals surface area (Å²) in [6, 6.07) is 12.0. The van der Waals surface area contributed by atoms with E-state index in [0.29, 0.717) is 22.0 Å². The van der Waals surface area contributed by atoms with Crippen molar-refractivity contribution in [3.63, 3.8) is 0 Å². The molecule has 2 N–H and O–H groups in total. The first-order chi connectivity index (χ1) is 11.9. The van der Waals surface area contributed by atoms with Gasteiger partial charge in [0, 0.05) is 28.4 Å². The van der Waals surface area contributed by atoms with Crippen molar-refractivity contribution in [3.05, 3.63) is 69.2 Å². The molecule has 128 valence electrons. The maximum atomic E-state index is 11.8. The Balaban J connectivity index is 2.00. The third-order valence-electron chi connectivity index (χ3n) is 3.11. The number of amides is 2. The van der Waals surface area contributed by atoms with E-state index in [0.717, 1.165) is 0 Å². The lowest BCUT2D eigenvalue weighted by molar-refractivity contribution is -0.384. The molecule has 0 spiro atoms. The molecule has 0 aliphatic carbocycles.